The van der Waals surface area contributed by atoms with Crippen LogP contribution >= 0.6 is 0 Å². The number of nitrogens with zero attached hydrogens (tertiary/aromatic N) is 2. The number of benzene rings is 2. The van der Waals surface area contributed by atoms with Crippen molar-refractivity contribution in [2.45, 2.75) is 12.5 Å². The first kappa shape index (κ1) is 20.0. The lowest BCUT2D eigenvalue weighted by Crippen LogP contribution is -2.44. The summed E-state index contributed by atoms with van der Waals surface area (Å²) in [5.41, 5.74) is 2.00. The van der Waals surface area contributed by atoms with Gasteiger partial charge in [0.25, 0.3) is 5.91 Å². The smallest absolute Gasteiger partial charge is 0.264 e. The van der Waals surface area contributed by atoms with Gasteiger partial charge in [-0.05, 0) is 30.3 Å². The van der Waals surface area contributed by atoms with Gasteiger partial charge in [-0.2, -0.15) is 0 Å². The fraction of sp³-hybridized carbons (Fsp3) is 0.300. The zero-order chi connectivity index (χ0) is 21.3. The summed E-state index contributed by atoms with van der Waals surface area (Å²) in [6.07, 6.45) is 0.907. The number of carbonyl (C=O) groups excluding carboxylic acids is 1. The Hall–Kier alpha value is -3.27. The van der Waals surface area contributed by atoms with E-state index in [9.17, 15) is 13.2 Å². The first-order valence-corrected chi connectivity index (χ1v) is 11.3. The third kappa shape index (κ3) is 4.33. The summed E-state index contributed by atoms with van der Waals surface area (Å²) < 4.78 is 38.5. The van der Waals surface area contributed by atoms with E-state index in [2.05, 4.69) is 15.0 Å². The highest BCUT2D eigenvalue weighted by Gasteiger charge is 2.27. The molecular weight excluding hydrogens is 408 g/mol. The Labute approximate surface area is 174 Å². The van der Waals surface area contributed by atoms with Crippen LogP contribution in [0.2, 0.25) is 0 Å². The maximum Gasteiger partial charge on any atom is 0.264 e. The van der Waals surface area contributed by atoms with Crippen LogP contribution in [0.1, 0.15) is 5.82 Å². The van der Waals surface area contributed by atoms with Crippen molar-refractivity contribution in [2.75, 3.05) is 24.1 Å². The summed E-state index contributed by atoms with van der Waals surface area (Å²) in [4.78, 5) is 17.0. The largest absolute Gasteiger partial charge is 0.485 e. The van der Waals surface area contributed by atoms with Crippen molar-refractivity contribution in [3.8, 4) is 11.5 Å². The SMILES string of the molecule is Cn1c(CCNC(=O)[C@H]2COc3ccccc3O2)nc2cc(NS(C)(=O)=O)ccc21. The summed E-state index contributed by atoms with van der Waals surface area (Å²) in [6.45, 7) is 0.539. The highest BCUT2D eigenvalue weighted by atomic mass is 32.2. The van der Waals surface area contributed by atoms with Crippen molar-refractivity contribution in [1.29, 1.82) is 0 Å². The lowest BCUT2D eigenvalue weighted by molar-refractivity contribution is -0.130. The van der Waals surface area contributed by atoms with E-state index in [1.165, 1.54) is 0 Å². The molecule has 1 atom stereocenters. The predicted octanol–water partition coefficient (Wildman–Crippen LogP) is 1.44. The number of rotatable bonds is 6. The van der Waals surface area contributed by atoms with Crippen LogP contribution in [-0.2, 0) is 28.3 Å². The average Bonchev–Trinajstić information content (AvgIpc) is 3.01. The standard InChI is InChI=1S/C20H22N4O5S/c1-24-15-8-7-13(23-30(2,26)27)11-14(15)22-19(24)9-10-21-20(25)18-12-28-16-5-3-4-6-17(16)29-18/h3-8,11,18,23H,9-10,12H2,1-2H3,(H,21,25)/t18-/m1/s1. The van der Waals surface area contributed by atoms with Gasteiger partial charge in [-0.1, -0.05) is 12.1 Å². The van der Waals surface area contributed by atoms with Crippen LogP contribution in [-0.4, -0.2) is 49.4 Å². The van der Waals surface area contributed by atoms with Gasteiger partial charge >= 0.3 is 0 Å². The van der Waals surface area contributed by atoms with Crippen LogP contribution in [0.15, 0.2) is 42.5 Å². The number of hydrogen-bond acceptors (Lipinski definition) is 6. The quantitative estimate of drug-likeness (QED) is 0.612. The summed E-state index contributed by atoms with van der Waals surface area (Å²) in [7, 11) is -1.48. The van der Waals surface area contributed by atoms with E-state index in [4.69, 9.17) is 9.47 Å². The molecule has 0 bridgehead atoms. The molecular formula is C20H22N4O5S. The Morgan fingerprint density at radius 1 is 1.23 bits per heavy atom. The number of para-hydroxylation sites is 2. The molecule has 4 rings (SSSR count). The van der Waals surface area contributed by atoms with E-state index < -0.39 is 16.1 Å². The summed E-state index contributed by atoms with van der Waals surface area (Å²) in [5, 5.41) is 2.86. The fourth-order valence-corrected chi connectivity index (χ4v) is 3.87. The monoisotopic (exact) mass is 430 g/mol. The van der Waals surface area contributed by atoms with Crippen molar-refractivity contribution in [1.82, 2.24) is 14.9 Å². The van der Waals surface area contributed by atoms with E-state index in [0.29, 0.717) is 35.7 Å². The van der Waals surface area contributed by atoms with Gasteiger partial charge in [0, 0.05) is 20.0 Å². The molecule has 2 N–H and O–H groups in total. The number of carbonyl (C=O) groups is 1. The van der Waals surface area contributed by atoms with E-state index >= 15 is 0 Å². The van der Waals surface area contributed by atoms with E-state index in [-0.39, 0.29) is 12.5 Å². The third-order valence-electron chi connectivity index (χ3n) is 4.73. The number of amides is 1. The maximum absolute atomic E-state index is 12.4. The summed E-state index contributed by atoms with van der Waals surface area (Å²) in [5.74, 6) is 1.71. The Balaban J connectivity index is 1.38. The fourth-order valence-electron chi connectivity index (χ4n) is 3.31. The van der Waals surface area contributed by atoms with Crippen LogP contribution in [0, 0.1) is 0 Å². The molecule has 2 heterocycles. The number of imidazole rings is 1. The third-order valence-corrected chi connectivity index (χ3v) is 5.33. The molecule has 0 unspecified atom stereocenters. The first-order valence-electron chi connectivity index (χ1n) is 9.39. The van der Waals surface area contributed by atoms with Gasteiger partial charge in [0.1, 0.15) is 12.4 Å². The van der Waals surface area contributed by atoms with Crippen molar-refractivity contribution < 1.29 is 22.7 Å². The Bertz CT molecular complexity index is 1210. The summed E-state index contributed by atoms with van der Waals surface area (Å²) >= 11 is 0. The highest BCUT2D eigenvalue weighted by molar-refractivity contribution is 7.92. The van der Waals surface area contributed by atoms with Gasteiger partial charge in [-0.3, -0.25) is 9.52 Å². The highest BCUT2D eigenvalue weighted by Crippen LogP contribution is 2.30. The zero-order valence-corrected chi connectivity index (χ0v) is 17.4. The molecule has 0 fully saturated rings. The van der Waals surface area contributed by atoms with E-state index in [1.54, 1.807) is 24.3 Å². The molecule has 3 aromatic rings. The molecule has 10 heteroatoms. The van der Waals surface area contributed by atoms with Gasteiger partial charge in [0.2, 0.25) is 16.1 Å². The van der Waals surface area contributed by atoms with Crippen molar-refractivity contribution in [3.63, 3.8) is 0 Å². The minimum atomic E-state index is -3.36. The number of hydrogen-bond donors (Lipinski definition) is 2. The van der Waals surface area contributed by atoms with Crippen LogP contribution in [0.3, 0.4) is 0 Å². The Morgan fingerprint density at radius 3 is 2.77 bits per heavy atom. The first-order chi connectivity index (χ1) is 14.3. The second kappa shape index (κ2) is 7.86. The van der Waals surface area contributed by atoms with Crippen molar-refractivity contribution >= 4 is 32.7 Å². The van der Waals surface area contributed by atoms with Gasteiger partial charge in [-0.15, -0.1) is 0 Å². The lowest BCUT2D eigenvalue weighted by Gasteiger charge is -2.25. The van der Waals surface area contributed by atoms with Gasteiger partial charge in [0.05, 0.1) is 23.0 Å². The molecule has 30 heavy (non-hydrogen) atoms. The molecule has 1 aliphatic rings. The number of anilines is 1. The van der Waals surface area contributed by atoms with Crippen LogP contribution < -0.4 is 19.5 Å². The molecule has 2 aromatic carbocycles. The average molecular weight is 430 g/mol. The van der Waals surface area contributed by atoms with Gasteiger partial charge in [0.15, 0.2) is 11.5 Å². The minimum absolute atomic E-state index is 0.158. The molecule has 0 saturated carbocycles. The van der Waals surface area contributed by atoms with Gasteiger partial charge < -0.3 is 19.4 Å². The molecule has 0 radical (unpaired) electrons. The number of aromatic nitrogens is 2. The molecule has 1 amide bonds. The zero-order valence-electron chi connectivity index (χ0n) is 16.6. The van der Waals surface area contributed by atoms with E-state index in [1.807, 2.05) is 29.8 Å². The van der Waals surface area contributed by atoms with Crippen LogP contribution in [0.25, 0.3) is 11.0 Å². The second-order valence-electron chi connectivity index (χ2n) is 7.07. The number of sulfonamides is 1. The second-order valence-corrected chi connectivity index (χ2v) is 8.82. The lowest BCUT2D eigenvalue weighted by atomic mass is 10.2. The number of fused-ring (bicyclic) bond motifs is 2. The predicted molar refractivity (Wildman–Crippen MR) is 112 cm³/mol. The Morgan fingerprint density at radius 2 is 2.00 bits per heavy atom. The topological polar surface area (TPSA) is 112 Å². The van der Waals surface area contributed by atoms with Crippen molar-refractivity contribution in [2.24, 2.45) is 7.05 Å². The number of nitrogens with one attached hydrogen (secondary N) is 2. The normalized spacial score (nSPS) is 15.7. The summed E-state index contributed by atoms with van der Waals surface area (Å²) in [6, 6.07) is 12.4. The molecule has 0 aliphatic carbocycles. The van der Waals surface area contributed by atoms with Crippen LogP contribution in [0.4, 0.5) is 5.69 Å². The number of aryl methyl sites for hydroxylation is 1. The molecule has 1 aliphatic heterocycles. The molecule has 9 nitrogen and oxygen atoms in total. The minimum Gasteiger partial charge on any atom is -0.485 e. The molecule has 0 spiro atoms. The molecule has 0 saturated heterocycles. The Kier molecular flexibility index (Phi) is 5.25. The van der Waals surface area contributed by atoms with E-state index in [0.717, 1.165) is 17.6 Å². The molecule has 1 aromatic heterocycles. The van der Waals surface area contributed by atoms with Crippen molar-refractivity contribution in [3.05, 3.63) is 48.3 Å². The van der Waals surface area contributed by atoms with Crippen LogP contribution in [0.5, 0.6) is 11.5 Å². The molecule has 158 valence electrons. The maximum atomic E-state index is 12.4. The van der Waals surface area contributed by atoms with Gasteiger partial charge in [-0.25, -0.2) is 13.4 Å². The number of ether oxygens (including phenoxy) is 2.